The van der Waals surface area contributed by atoms with Gasteiger partial charge in [-0.3, -0.25) is 5.41 Å². The van der Waals surface area contributed by atoms with E-state index >= 15 is 0 Å². The third-order valence-electron chi connectivity index (χ3n) is 3.82. The molecule has 7 heteroatoms. The van der Waals surface area contributed by atoms with Crippen molar-refractivity contribution in [2.75, 3.05) is 26.8 Å². The highest BCUT2D eigenvalue weighted by Gasteiger charge is 2.29. The molecule has 2 N–H and O–H groups in total. The third kappa shape index (κ3) is 3.53. The van der Waals surface area contributed by atoms with Gasteiger partial charge in [-0.05, 0) is 18.6 Å². The predicted molar refractivity (Wildman–Crippen MR) is 101 cm³/mol. The van der Waals surface area contributed by atoms with Gasteiger partial charge in [0.2, 0.25) is 0 Å². The smallest absolute Gasteiger partial charge is 0.135 e. The van der Waals surface area contributed by atoms with Crippen LogP contribution in [0.25, 0.3) is 16.8 Å². The van der Waals surface area contributed by atoms with Crippen molar-refractivity contribution < 1.29 is 9.84 Å². The van der Waals surface area contributed by atoms with Gasteiger partial charge in [-0.1, -0.05) is 28.1 Å². The first-order valence-electron chi connectivity index (χ1n) is 7.57. The number of methoxy groups -OCH3 is 1. The van der Waals surface area contributed by atoms with Crippen LogP contribution in [0.1, 0.15) is 11.4 Å². The van der Waals surface area contributed by atoms with Crippen LogP contribution in [0.2, 0.25) is 0 Å². The molecule has 1 aromatic carbocycles. The zero-order valence-electron chi connectivity index (χ0n) is 13.3. The molecule has 2 aromatic rings. The van der Waals surface area contributed by atoms with Gasteiger partial charge in [-0.25, -0.2) is 4.98 Å². The maximum atomic E-state index is 10.3. The molecule has 1 aromatic heterocycles. The van der Waals surface area contributed by atoms with Gasteiger partial charge in [-0.2, -0.15) is 0 Å². The number of halogens is 1. The molecule has 3 rings (SSSR count). The number of benzene rings is 1. The van der Waals surface area contributed by atoms with E-state index in [-0.39, 0.29) is 5.76 Å². The lowest BCUT2D eigenvalue weighted by molar-refractivity contribution is 0.186. The van der Waals surface area contributed by atoms with Crippen molar-refractivity contribution >= 4 is 38.7 Å². The summed E-state index contributed by atoms with van der Waals surface area (Å²) in [6, 6.07) is 7.93. The van der Waals surface area contributed by atoms with Crippen molar-refractivity contribution in [3.05, 3.63) is 44.9 Å². The second-order valence-corrected chi connectivity index (χ2v) is 7.26. The van der Waals surface area contributed by atoms with E-state index in [4.69, 9.17) is 10.1 Å². The van der Waals surface area contributed by atoms with E-state index in [2.05, 4.69) is 20.9 Å². The van der Waals surface area contributed by atoms with Crippen molar-refractivity contribution in [2.24, 2.45) is 0 Å². The number of rotatable bonds is 6. The van der Waals surface area contributed by atoms with Crippen molar-refractivity contribution in [1.82, 2.24) is 9.88 Å². The minimum atomic E-state index is 0.217. The summed E-state index contributed by atoms with van der Waals surface area (Å²) < 4.78 is 6.07. The maximum absolute atomic E-state index is 10.3. The standard InChI is InChI=1S/C17H18BrN3O2S/c1-23-8-2-7-21-9-14(22)15(16(21)19)17-20-13(10-24-17)11-3-5-12(18)6-4-11/h3-6,10,19,22H,2,7-9H2,1H3. The Hall–Kier alpha value is -1.70. The highest BCUT2D eigenvalue weighted by atomic mass is 79.9. The second kappa shape index (κ2) is 7.46. The molecular formula is C17H18BrN3O2S. The fraction of sp³-hybridized carbons (Fsp3) is 0.294. The number of hydrogen-bond acceptors (Lipinski definition) is 5. The van der Waals surface area contributed by atoms with Crippen molar-refractivity contribution in [3.63, 3.8) is 0 Å². The minimum absolute atomic E-state index is 0.217. The Bertz CT molecular complexity index is 770. The van der Waals surface area contributed by atoms with E-state index in [9.17, 15) is 5.11 Å². The van der Waals surface area contributed by atoms with Crippen LogP contribution < -0.4 is 0 Å². The SMILES string of the molecule is COCCCN1CC(O)=C(c2nc(-c3ccc(Br)cc3)cs2)C1=N. The molecule has 0 radical (unpaired) electrons. The molecule has 0 fully saturated rings. The monoisotopic (exact) mass is 407 g/mol. The van der Waals surface area contributed by atoms with Gasteiger partial charge >= 0.3 is 0 Å². The molecule has 0 bridgehead atoms. The summed E-state index contributed by atoms with van der Waals surface area (Å²) in [5.74, 6) is 0.550. The number of aromatic nitrogens is 1. The second-order valence-electron chi connectivity index (χ2n) is 5.48. The summed E-state index contributed by atoms with van der Waals surface area (Å²) >= 11 is 4.88. The highest BCUT2D eigenvalue weighted by molar-refractivity contribution is 9.10. The zero-order chi connectivity index (χ0) is 17.1. The summed E-state index contributed by atoms with van der Waals surface area (Å²) in [6.45, 7) is 1.70. The zero-order valence-corrected chi connectivity index (χ0v) is 15.7. The van der Waals surface area contributed by atoms with E-state index in [1.807, 2.05) is 34.5 Å². The third-order valence-corrected chi connectivity index (χ3v) is 5.21. The van der Waals surface area contributed by atoms with Gasteiger partial charge in [0.1, 0.15) is 16.6 Å². The molecule has 0 spiro atoms. The molecule has 5 nitrogen and oxygen atoms in total. The van der Waals surface area contributed by atoms with Crippen molar-refractivity contribution in [3.8, 4) is 11.3 Å². The average molecular weight is 408 g/mol. The van der Waals surface area contributed by atoms with Gasteiger partial charge in [0.15, 0.2) is 0 Å². The Kier molecular flexibility index (Phi) is 5.33. The Morgan fingerprint density at radius 3 is 2.83 bits per heavy atom. The van der Waals surface area contributed by atoms with E-state index < -0.39 is 0 Å². The molecule has 0 amide bonds. The molecule has 0 atom stereocenters. The van der Waals surface area contributed by atoms with Crippen LogP contribution in [0, 0.1) is 5.41 Å². The van der Waals surface area contributed by atoms with E-state index in [1.54, 1.807) is 7.11 Å². The van der Waals surface area contributed by atoms with Crippen LogP contribution in [-0.2, 0) is 4.74 Å². The molecule has 126 valence electrons. The minimum Gasteiger partial charge on any atom is -0.510 e. The van der Waals surface area contributed by atoms with Crippen molar-refractivity contribution in [2.45, 2.75) is 6.42 Å². The molecule has 24 heavy (non-hydrogen) atoms. The first-order chi connectivity index (χ1) is 11.6. The highest BCUT2D eigenvalue weighted by Crippen LogP contribution is 2.32. The summed E-state index contributed by atoms with van der Waals surface area (Å²) in [6.07, 6.45) is 0.821. The Morgan fingerprint density at radius 1 is 1.38 bits per heavy atom. The molecule has 1 aliphatic heterocycles. The topological polar surface area (TPSA) is 69.4 Å². The van der Waals surface area contributed by atoms with Crippen LogP contribution in [0.4, 0.5) is 0 Å². The normalized spacial score (nSPS) is 14.8. The van der Waals surface area contributed by atoms with Crippen LogP contribution in [0.15, 0.2) is 39.9 Å². The molecule has 0 unspecified atom stereocenters. The first-order valence-corrected chi connectivity index (χ1v) is 9.24. The van der Waals surface area contributed by atoms with Gasteiger partial charge in [0, 0.05) is 35.7 Å². The van der Waals surface area contributed by atoms with Gasteiger partial charge in [0.05, 0.1) is 17.8 Å². The van der Waals surface area contributed by atoms with Gasteiger partial charge < -0.3 is 14.7 Å². The number of ether oxygens (including phenoxy) is 1. The number of aliphatic hydroxyl groups excluding tert-OH is 1. The Morgan fingerprint density at radius 2 is 2.12 bits per heavy atom. The lowest BCUT2D eigenvalue weighted by Crippen LogP contribution is -2.28. The largest absolute Gasteiger partial charge is 0.510 e. The number of amidine groups is 1. The van der Waals surface area contributed by atoms with Crippen LogP contribution in [-0.4, -0.2) is 47.6 Å². The molecular weight excluding hydrogens is 390 g/mol. The molecule has 1 aliphatic rings. The van der Waals surface area contributed by atoms with Crippen LogP contribution >= 0.6 is 27.3 Å². The fourth-order valence-corrected chi connectivity index (χ4v) is 3.75. The number of nitrogens with one attached hydrogen (secondary N) is 1. The van der Waals surface area contributed by atoms with Crippen LogP contribution in [0.3, 0.4) is 0 Å². The number of aliphatic hydroxyl groups is 1. The van der Waals surface area contributed by atoms with E-state index in [1.165, 1.54) is 11.3 Å². The lowest BCUT2D eigenvalue weighted by atomic mass is 10.2. The maximum Gasteiger partial charge on any atom is 0.135 e. The Balaban J connectivity index is 1.78. The Labute approximate surface area is 153 Å². The molecule has 0 saturated heterocycles. The summed E-state index contributed by atoms with van der Waals surface area (Å²) in [7, 11) is 1.66. The predicted octanol–water partition coefficient (Wildman–Crippen LogP) is 4.17. The molecule has 2 heterocycles. The van der Waals surface area contributed by atoms with E-state index in [0.717, 1.165) is 22.2 Å². The summed E-state index contributed by atoms with van der Waals surface area (Å²) in [5.41, 5.74) is 2.41. The number of nitrogens with zero attached hydrogens (tertiary/aromatic N) is 2. The summed E-state index contributed by atoms with van der Waals surface area (Å²) in [5, 5.41) is 21.3. The first kappa shape index (κ1) is 17.1. The summed E-state index contributed by atoms with van der Waals surface area (Å²) in [4.78, 5) is 6.47. The van der Waals surface area contributed by atoms with Gasteiger partial charge in [-0.15, -0.1) is 11.3 Å². The average Bonchev–Trinajstić information content (AvgIpc) is 3.14. The van der Waals surface area contributed by atoms with Gasteiger partial charge in [0.25, 0.3) is 0 Å². The van der Waals surface area contributed by atoms with E-state index in [0.29, 0.717) is 36.1 Å². The van der Waals surface area contributed by atoms with Crippen molar-refractivity contribution in [1.29, 1.82) is 5.41 Å². The number of thiazole rings is 1. The quantitative estimate of drug-likeness (QED) is 0.704. The molecule has 0 aliphatic carbocycles. The molecule has 0 saturated carbocycles. The lowest BCUT2D eigenvalue weighted by Gasteiger charge is -2.17. The van der Waals surface area contributed by atoms with Crippen LogP contribution in [0.5, 0.6) is 0 Å². The number of hydrogen-bond donors (Lipinski definition) is 2. The fourth-order valence-electron chi connectivity index (χ4n) is 2.59.